The van der Waals surface area contributed by atoms with Crippen molar-refractivity contribution in [2.24, 2.45) is 5.73 Å². The van der Waals surface area contributed by atoms with Crippen LogP contribution in [0.15, 0.2) is 35.9 Å². The summed E-state index contributed by atoms with van der Waals surface area (Å²) >= 11 is 0. The van der Waals surface area contributed by atoms with E-state index in [-0.39, 0.29) is 11.3 Å². The Balaban J connectivity index is 2.83. The summed E-state index contributed by atoms with van der Waals surface area (Å²) in [7, 11) is 0. The van der Waals surface area contributed by atoms with Crippen molar-refractivity contribution >= 4 is 17.8 Å². The Morgan fingerprint density at radius 1 is 1.27 bits per heavy atom. The summed E-state index contributed by atoms with van der Waals surface area (Å²) in [5.74, 6) is -1.28. The average Bonchev–Trinajstić information content (AvgIpc) is 2.42. The lowest BCUT2D eigenvalue weighted by molar-refractivity contribution is -0.131. The molecular formula is C16H20N2O4. The van der Waals surface area contributed by atoms with Crippen molar-refractivity contribution in [3.63, 3.8) is 0 Å². The van der Waals surface area contributed by atoms with Gasteiger partial charge in [-0.1, -0.05) is 17.7 Å². The minimum atomic E-state index is -0.792. The van der Waals surface area contributed by atoms with Crippen LogP contribution >= 0.6 is 0 Å². The first-order valence-corrected chi connectivity index (χ1v) is 6.81. The highest BCUT2D eigenvalue weighted by atomic mass is 16.5. The molecule has 2 amide bonds. The van der Waals surface area contributed by atoms with Crippen LogP contribution in [0.1, 0.15) is 37.6 Å². The van der Waals surface area contributed by atoms with Crippen LogP contribution in [0, 0.1) is 0 Å². The minimum Gasteiger partial charge on any atom is -0.427 e. The molecular weight excluding hydrogens is 284 g/mol. The Bertz CT molecular complexity index is 604. The summed E-state index contributed by atoms with van der Waals surface area (Å²) in [6.45, 7) is 5.06. The molecule has 0 bridgehead atoms. The number of benzene rings is 1. The molecule has 0 aliphatic carbocycles. The zero-order chi connectivity index (χ0) is 16.7. The second kappa shape index (κ2) is 7.97. The fourth-order valence-corrected chi connectivity index (χ4v) is 1.71. The zero-order valence-electron chi connectivity index (χ0n) is 12.9. The predicted octanol–water partition coefficient (Wildman–Crippen LogP) is 1.55. The van der Waals surface area contributed by atoms with Gasteiger partial charge < -0.3 is 15.8 Å². The Labute approximate surface area is 129 Å². The number of allylic oxidation sites excluding steroid dienone is 1. The molecule has 118 valence electrons. The minimum absolute atomic E-state index is 0.264. The van der Waals surface area contributed by atoms with E-state index < -0.39 is 23.8 Å². The highest BCUT2D eigenvalue weighted by Gasteiger charge is 2.18. The molecule has 6 heteroatoms. The second-order valence-corrected chi connectivity index (χ2v) is 5.07. The van der Waals surface area contributed by atoms with Gasteiger partial charge >= 0.3 is 5.97 Å². The normalized spacial score (nSPS) is 11.2. The third-order valence-corrected chi connectivity index (χ3v) is 2.77. The highest BCUT2D eigenvalue weighted by molar-refractivity contribution is 5.97. The first-order valence-electron chi connectivity index (χ1n) is 6.81. The summed E-state index contributed by atoms with van der Waals surface area (Å²) in [4.78, 5) is 34.5. The van der Waals surface area contributed by atoms with Gasteiger partial charge in [-0.3, -0.25) is 14.4 Å². The number of carbonyl (C=O) groups is 3. The summed E-state index contributed by atoms with van der Waals surface area (Å²) in [5, 5.41) is 2.57. The highest BCUT2D eigenvalue weighted by Crippen LogP contribution is 2.14. The molecule has 6 nitrogen and oxygen atoms in total. The molecule has 1 rings (SSSR count). The lowest BCUT2D eigenvalue weighted by Crippen LogP contribution is -2.44. The molecule has 22 heavy (non-hydrogen) atoms. The van der Waals surface area contributed by atoms with Gasteiger partial charge in [0.2, 0.25) is 5.91 Å². The van der Waals surface area contributed by atoms with Gasteiger partial charge in [-0.05, 0) is 38.5 Å². The summed E-state index contributed by atoms with van der Waals surface area (Å²) in [6, 6.07) is 5.34. The molecule has 1 atom stereocenters. The lowest BCUT2D eigenvalue weighted by atomic mass is 10.1. The summed E-state index contributed by atoms with van der Waals surface area (Å²) in [5.41, 5.74) is 6.60. The Morgan fingerprint density at radius 2 is 1.95 bits per heavy atom. The smallest absolute Gasteiger partial charge is 0.308 e. The van der Waals surface area contributed by atoms with E-state index >= 15 is 0 Å². The number of primary amides is 1. The largest absolute Gasteiger partial charge is 0.427 e. The van der Waals surface area contributed by atoms with Gasteiger partial charge in [0, 0.05) is 12.5 Å². The third kappa shape index (κ3) is 5.78. The molecule has 0 aromatic heterocycles. The van der Waals surface area contributed by atoms with E-state index in [4.69, 9.17) is 10.5 Å². The maximum atomic E-state index is 12.2. The molecule has 0 spiro atoms. The monoisotopic (exact) mass is 304 g/mol. The Hall–Kier alpha value is -2.63. The number of nitrogens with one attached hydrogen (secondary N) is 1. The molecule has 0 aliphatic heterocycles. The number of hydrogen-bond acceptors (Lipinski definition) is 4. The van der Waals surface area contributed by atoms with Crippen LogP contribution in [0.2, 0.25) is 0 Å². The van der Waals surface area contributed by atoms with Crippen LogP contribution in [-0.2, 0) is 9.59 Å². The maximum Gasteiger partial charge on any atom is 0.308 e. The molecule has 0 saturated carbocycles. The van der Waals surface area contributed by atoms with E-state index in [2.05, 4.69) is 5.32 Å². The van der Waals surface area contributed by atoms with E-state index in [0.717, 1.165) is 5.57 Å². The number of carbonyl (C=O) groups excluding carboxylic acids is 3. The standard InChI is InChI=1S/C16H20N2O4/c1-10(2)7-8-14(15(17)20)18-16(21)12-5-4-6-13(9-12)22-11(3)19/h4-7,9,14H,8H2,1-3H3,(H2,17,20)(H,18,21)/t14-/m1/s1. The molecule has 0 saturated heterocycles. The van der Waals surface area contributed by atoms with E-state index in [1.165, 1.54) is 13.0 Å². The van der Waals surface area contributed by atoms with Crippen molar-refractivity contribution in [2.45, 2.75) is 33.2 Å². The van der Waals surface area contributed by atoms with Crippen molar-refractivity contribution in [3.05, 3.63) is 41.5 Å². The molecule has 0 unspecified atom stereocenters. The predicted molar refractivity (Wildman–Crippen MR) is 82.2 cm³/mol. The summed E-state index contributed by atoms with van der Waals surface area (Å²) in [6.07, 6.45) is 2.15. The number of rotatable bonds is 6. The zero-order valence-corrected chi connectivity index (χ0v) is 12.9. The van der Waals surface area contributed by atoms with Crippen molar-refractivity contribution in [2.75, 3.05) is 0 Å². The van der Waals surface area contributed by atoms with Gasteiger partial charge in [0.05, 0.1) is 0 Å². The Morgan fingerprint density at radius 3 is 2.50 bits per heavy atom. The number of esters is 1. The van der Waals surface area contributed by atoms with Gasteiger partial charge in [-0.2, -0.15) is 0 Å². The Kier molecular flexibility index (Phi) is 6.31. The number of amides is 2. The average molecular weight is 304 g/mol. The number of nitrogens with two attached hydrogens (primary N) is 1. The number of hydrogen-bond donors (Lipinski definition) is 2. The number of ether oxygens (including phenoxy) is 1. The topological polar surface area (TPSA) is 98.5 Å². The van der Waals surface area contributed by atoms with Gasteiger partial charge in [0.25, 0.3) is 5.91 Å². The quantitative estimate of drug-likeness (QED) is 0.473. The fraction of sp³-hybridized carbons (Fsp3) is 0.312. The first-order chi connectivity index (χ1) is 10.3. The lowest BCUT2D eigenvalue weighted by Gasteiger charge is -2.14. The fourth-order valence-electron chi connectivity index (χ4n) is 1.71. The molecule has 0 fully saturated rings. The van der Waals surface area contributed by atoms with Gasteiger partial charge in [-0.15, -0.1) is 0 Å². The van der Waals surface area contributed by atoms with E-state index in [1.807, 2.05) is 19.9 Å². The van der Waals surface area contributed by atoms with E-state index in [1.54, 1.807) is 18.2 Å². The van der Waals surface area contributed by atoms with Crippen LogP contribution < -0.4 is 15.8 Å². The van der Waals surface area contributed by atoms with Crippen LogP contribution in [0.5, 0.6) is 5.75 Å². The molecule has 3 N–H and O–H groups in total. The second-order valence-electron chi connectivity index (χ2n) is 5.07. The van der Waals surface area contributed by atoms with E-state index in [0.29, 0.717) is 6.42 Å². The van der Waals surface area contributed by atoms with Crippen LogP contribution in [0.3, 0.4) is 0 Å². The summed E-state index contributed by atoms with van der Waals surface area (Å²) < 4.78 is 4.92. The van der Waals surface area contributed by atoms with Gasteiger partial charge in [0.15, 0.2) is 0 Å². The van der Waals surface area contributed by atoms with Gasteiger partial charge in [-0.25, -0.2) is 0 Å². The molecule has 1 aromatic rings. The van der Waals surface area contributed by atoms with Crippen molar-refractivity contribution in [1.29, 1.82) is 0 Å². The van der Waals surface area contributed by atoms with Crippen LogP contribution in [-0.4, -0.2) is 23.8 Å². The van der Waals surface area contributed by atoms with Crippen LogP contribution in [0.4, 0.5) is 0 Å². The SMILES string of the molecule is CC(=O)Oc1cccc(C(=O)N[C@H](CC=C(C)C)C(N)=O)c1. The molecule has 0 heterocycles. The molecule has 0 aliphatic rings. The maximum absolute atomic E-state index is 12.2. The van der Waals surface area contributed by atoms with E-state index in [9.17, 15) is 14.4 Å². The van der Waals surface area contributed by atoms with Crippen molar-refractivity contribution < 1.29 is 19.1 Å². The first kappa shape index (κ1) is 17.4. The van der Waals surface area contributed by atoms with Crippen molar-refractivity contribution in [3.8, 4) is 5.75 Å². The van der Waals surface area contributed by atoms with Crippen molar-refractivity contribution in [1.82, 2.24) is 5.32 Å². The third-order valence-electron chi connectivity index (χ3n) is 2.77. The van der Waals surface area contributed by atoms with Gasteiger partial charge in [0.1, 0.15) is 11.8 Å². The molecule has 1 aromatic carbocycles. The molecule has 0 radical (unpaired) electrons. The van der Waals surface area contributed by atoms with Crippen LogP contribution in [0.25, 0.3) is 0 Å².